The van der Waals surface area contributed by atoms with Gasteiger partial charge in [-0.15, -0.1) is 0 Å². The van der Waals surface area contributed by atoms with Crippen LogP contribution in [-0.4, -0.2) is 34.5 Å². The highest BCUT2D eigenvalue weighted by molar-refractivity contribution is 5.79. The van der Waals surface area contributed by atoms with Crippen LogP contribution in [0, 0.1) is 11.3 Å². The number of carboxylic acids is 1. The minimum absolute atomic E-state index is 0.0189. The summed E-state index contributed by atoms with van der Waals surface area (Å²) in [5, 5.41) is 26.8. The molecule has 15 heavy (non-hydrogen) atoms. The summed E-state index contributed by atoms with van der Waals surface area (Å²) < 4.78 is 0. The zero-order valence-electron chi connectivity index (χ0n) is 8.72. The average molecular weight is 214 g/mol. The third kappa shape index (κ3) is 3.32. The summed E-state index contributed by atoms with van der Waals surface area (Å²) in [6, 6.07) is 0. The lowest BCUT2D eigenvalue weighted by Crippen LogP contribution is -2.30. The molecule has 4 heteroatoms. The van der Waals surface area contributed by atoms with Crippen molar-refractivity contribution in [2.75, 3.05) is 13.2 Å². The van der Waals surface area contributed by atoms with Crippen molar-refractivity contribution in [3.8, 4) is 0 Å². The molecule has 0 aliphatic heterocycles. The molecule has 1 aliphatic carbocycles. The fourth-order valence-electron chi connectivity index (χ4n) is 2.06. The van der Waals surface area contributed by atoms with E-state index in [1.54, 1.807) is 6.08 Å². The predicted octanol–water partition coefficient (Wildman–Crippen LogP) is 0.788. The van der Waals surface area contributed by atoms with E-state index in [9.17, 15) is 9.90 Å². The molecule has 0 amide bonds. The van der Waals surface area contributed by atoms with E-state index in [-0.39, 0.29) is 18.6 Å². The molecule has 1 rings (SSSR count). The summed E-state index contributed by atoms with van der Waals surface area (Å²) in [5.74, 6) is -0.671. The lowest BCUT2D eigenvalue weighted by Gasteiger charge is -2.36. The van der Waals surface area contributed by atoms with Gasteiger partial charge in [0.15, 0.2) is 0 Å². The molecule has 86 valence electrons. The molecule has 1 aliphatic rings. The monoisotopic (exact) mass is 214 g/mol. The van der Waals surface area contributed by atoms with Crippen LogP contribution in [0.4, 0.5) is 0 Å². The summed E-state index contributed by atoms with van der Waals surface area (Å²) in [5.41, 5.74) is -0.385. The van der Waals surface area contributed by atoms with Gasteiger partial charge in [0.25, 0.3) is 0 Å². The van der Waals surface area contributed by atoms with Crippen molar-refractivity contribution in [1.29, 1.82) is 0 Å². The third-order valence-corrected chi connectivity index (χ3v) is 3.25. The number of aliphatic hydroxyl groups is 2. The SMILES string of the molecule is O=C(O)C=CC1(CO)CCC(CO)CC1. The number of aliphatic carboxylic acids is 1. The number of hydrogen-bond acceptors (Lipinski definition) is 3. The number of hydrogen-bond donors (Lipinski definition) is 3. The van der Waals surface area contributed by atoms with Gasteiger partial charge < -0.3 is 15.3 Å². The van der Waals surface area contributed by atoms with Crippen molar-refractivity contribution < 1.29 is 20.1 Å². The van der Waals surface area contributed by atoms with Crippen LogP contribution in [0.2, 0.25) is 0 Å². The Morgan fingerprint density at radius 2 is 1.93 bits per heavy atom. The van der Waals surface area contributed by atoms with Gasteiger partial charge in [0.1, 0.15) is 0 Å². The van der Waals surface area contributed by atoms with E-state index in [0.717, 1.165) is 31.8 Å². The highest BCUT2D eigenvalue weighted by Crippen LogP contribution is 2.39. The summed E-state index contributed by atoms with van der Waals surface area (Å²) in [4.78, 5) is 10.4. The highest BCUT2D eigenvalue weighted by atomic mass is 16.4. The third-order valence-electron chi connectivity index (χ3n) is 3.25. The Hall–Kier alpha value is -0.870. The first-order chi connectivity index (χ1) is 7.12. The van der Waals surface area contributed by atoms with Gasteiger partial charge >= 0.3 is 5.97 Å². The smallest absolute Gasteiger partial charge is 0.327 e. The molecule has 1 saturated carbocycles. The molecular weight excluding hydrogens is 196 g/mol. The van der Waals surface area contributed by atoms with E-state index in [1.807, 2.05) is 0 Å². The summed E-state index contributed by atoms with van der Waals surface area (Å²) in [7, 11) is 0. The average Bonchev–Trinajstić information content (AvgIpc) is 2.27. The van der Waals surface area contributed by atoms with E-state index in [2.05, 4.69) is 0 Å². The maximum absolute atomic E-state index is 10.4. The minimum Gasteiger partial charge on any atom is -0.478 e. The molecule has 0 saturated heterocycles. The molecule has 0 bridgehead atoms. The van der Waals surface area contributed by atoms with E-state index in [4.69, 9.17) is 10.2 Å². The summed E-state index contributed by atoms with van der Waals surface area (Å²) >= 11 is 0. The normalized spacial score (nSPS) is 32.0. The molecule has 0 spiro atoms. The molecule has 0 radical (unpaired) electrons. The van der Waals surface area contributed by atoms with E-state index >= 15 is 0 Å². The molecule has 0 aromatic heterocycles. The van der Waals surface area contributed by atoms with Gasteiger partial charge in [-0.25, -0.2) is 4.79 Å². The van der Waals surface area contributed by atoms with Gasteiger partial charge in [0.05, 0.1) is 6.61 Å². The van der Waals surface area contributed by atoms with Crippen molar-refractivity contribution in [3.05, 3.63) is 12.2 Å². The van der Waals surface area contributed by atoms with Crippen molar-refractivity contribution in [2.45, 2.75) is 25.7 Å². The molecule has 0 heterocycles. The lowest BCUT2D eigenvalue weighted by molar-refractivity contribution is -0.131. The zero-order valence-corrected chi connectivity index (χ0v) is 8.72. The minimum atomic E-state index is -0.980. The maximum atomic E-state index is 10.4. The van der Waals surface area contributed by atoms with Gasteiger partial charge in [-0.05, 0) is 31.6 Å². The Kier molecular flexibility index (Phi) is 4.29. The number of aliphatic hydroxyl groups excluding tert-OH is 2. The van der Waals surface area contributed by atoms with Crippen LogP contribution >= 0.6 is 0 Å². The van der Waals surface area contributed by atoms with Crippen LogP contribution in [0.3, 0.4) is 0 Å². The Morgan fingerprint density at radius 3 is 2.33 bits per heavy atom. The fraction of sp³-hybridized carbons (Fsp3) is 0.727. The first-order valence-corrected chi connectivity index (χ1v) is 5.26. The number of rotatable bonds is 4. The first kappa shape index (κ1) is 12.2. The van der Waals surface area contributed by atoms with E-state index in [1.165, 1.54) is 0 Å². The summed E-state index contributed by atoms with van der Waals surface area (Å²) in [6.45, 7) is 0.166. The predicted molar refractivity (Wildman–Crippen MR) is 55.3 cm³/mol. The van der Waals surface area contributed by atoms with E-state index < -0.39 is 5.97 Å². The van der Waals surface area contributed by atoms with Crippen LogP contribution in [0.1, 0.15) is 25.7 Å². The molecule has 1 fully saturated rings. The van der Waals surface area contributed by atoms with E-state index in [0.29, 0.717) is 5.92 Å². The Morgan fingerprint density at radius 1 is 1.33 bits per heavy atom. The Labute approximate surface area is 89.2 Å². The van der Waals surface area contributed by atoms with Gasteiger partial charge in [0.2, 0.25) is 0 Å². The first-order valence-electron chi connectivity index (χ1n) is 5.26. The molecule has 4 nitrogen and oxygen atoms in total. The van der Waals surface area contributed by atoms with Crippen LogP contribution in [0.15, 0.2) is 12.2 Å². The Balaban J connectivity index is 2.59. The molecular formula is C11H18O4. The van der Waals surface area contributed by atoms with Gasteiger partial charge in [-0.3, -0.25) is 0 Å². The zero-order chi connectivity index (χ0) is 11.3. The molecule has 0 aromatic rings. The highest BCUT2D eigenvalue weighted by Gasteiger charge is 2.32. The largest absolute Gasteiger partial charge is 0.478 e. The van der Waals surface area contributed by atoms with Crippen LogP contribution in [0.25, 0.3) is 0 Å². The molecule has 3 N–H and O–H groups in total. The second-order valence-corrected chi connectivity index (χ2v) is 4.32. The Bertz CT molecular complexity index is 239. The van der Waals surface area contributed by atoms with Crippen LogP contribution in [0.5, 0.6) is 0 Å². The quantitative estimate of drug-likeness (QED) is 0.604. The summed E-state index contributed by atoms with van der Waals surface area (Å²) in [6.07, 6.45) is 5.90. The van der Waals surface area contributed by atoms with Crippen molar-refractivity contribution >= 4 is 5.97 Å². The van der Waals surface area contributed by atoms with Crippen molar-refractivity contribution in [3.63, 3.8) is 0 Å². The van der Waals surface area contributed by atoms with Crippen LogP contribution < -0.4 is 0 Å². The van der Waals surface area contributed by atoms with Gasteiger partial charge in [-0.1, -0.05) is 6.08 Å². The van der Waals surface area contributed by atoms with Gasteiger partial charge in [0, 0.05) is 18.1 Å². The molecule has 0 atom stereocenters. The van der Waals surface area contributed by atoms with Crippen molar-refractivity contribution in [2.24, 2.45) is 11.3 Å². The second-order valence-electron chi connectivity index (χ2n) is 4.32. The van der Waals surface area contributed by atoms with Gasteiger partial charge in [-0.2, -0.15) is 0 Å². The topological polar surface area (TPSA) is 77.8 Å². The maximum Gasteiger partial charge on any atom is 0.327 e. The standard InChI is InChI=1S/C11H18O4/c12-7-9-1-4-11(8-13,5-2-9)6-3-10(14)15/h3,6,9,12-13H,1-2,4-5,7-8H2,(H,14,15). The van der Waals surface area contributed by atoms with Crippen LogP contribution in [-0.2, 0) is 4.79 Å². The second kappa shape index (κ2) is 5.28. The molecule has 0 aromatic carbocycles. The number of carboxylic acid groups (broad SMARTS) is 1. The van der Waals surface area contributed by atoms with Crippen molar-refractivity contribution in [1.82, 2.24) is 0 Å². The fourth-order valence-corrected chi connectivity index (χ4v) is 2.06. The number of carbonyl (C=O) groups is 1. The lowest BCUT2D eigenvalue weighted by atomic mass is 9.71. The molecule has 0 unspecified atom stereocenters.